The third kappa shape index (κ3) is 2.59. The van der Waals surface area contributed by atoms with Gasteiger partial charge in [-0.1, -0.05) is 47.7 Å². The molecule has 3 aromatic rings. The topological polar surface area (TPSA) is 51.0 Å². The maximum Gasteiger partial charge on any atom is 0.227 e. The highest BCUT2D eigenvalue weighted by atomic mass is 16.2. The zero-order valence-electron chi connectivity index (χ0n) is 14.7. The van der Waals surface area contributed by atoms with E-state index in [2.05, 4.69) is 45.5 Å². The Morgan fingerprint density at radius 2 is 1.77 bits per heavy atom. The number of piperidine rings is 1. The Kier molecular flexibility index (Phi) is 3.73. The molecule has 1 aromatic heterocycles. The average Bonchev–Trinajstić information content (AvgIpc) is 3.29. The van der Waals surface area contributed by atoms with Crippen LogP contribution in [0.4, 0.5) is 0 Å². The Morgan fingerprint density at radius 1 is 1.00 bits per heavy atom. The van der Waals surface area contributed by atoms with Crippen LogP contribution in [0.15, 0.2) is 54.9 Å². The van der Waals surface area contributed by atoms with Crippen LogP contribution < -0.4 is 0 Å². The van der Waals surface area contributed by atoms with Gasteiger partial charge in [-0.25, -0.2) is 4.68 Å². The number of benzene rings is 2. The molecule has 132 valence electrons. The van der Waals surface area contributed by atoms with Crippen LogP contribution in [-0.4, -0.2) is 37.9 Å². The van der Waals surface area contributed by atoms with E-state index in [1.165, 1.54) is 10.8 Å². The lowest BCUT2D eigenvalue weighted by Crippen LogP contribution is -2.47. The summed E-state index contributed by atoms with van der Waals surface area (Å²) in [6.45, 7) is 0. The molecule has 5 rings (SSSR count). The lowest BCUT2D eigenvalue weighted by molar-refractivity contribution is -0.135. The third-order valence-corrected chi connectivity index (χ3v) is 6.03. The molecule has 5 nitrogen and oxygen atoms in total. The fourth-order valence-electron chi connectivity index (χ4n) is 4.88. The number of hydrogen-bond donors (Lipinski definition) is 0. The molecular weight excluding hydrogens is 324 g/mol. The maximum absolute atomic E-state index is 13.2. The zero-order chi connectivity index (χ0) is 17.5. The highest BCUT2D eigenvalue weighted by Crippen LogP contribution is 2.40. The first-order valence-corrected chi connectivity index (χ1v) is 9.43. The van der Waals surface area contributed by atoms with Gasteiger partial charge in [0.05, 0.1) is 18.7 Å². The van der Waals surface area contributed by atoms with E-state index < -0.39 is 0 Å². The van der Waals surface area contributed by atoms with Gasteiger partial charge in [-0.05, 0) is 42.0 Å². The molecule has 0 N–H and O–H groups in total. The number of rotatable bonds is 3. The van der Waals surface area contributed by atoms with Gasteiger partial charge >= 0.3 is 0 Å². The van der Waals surface area contributed by atoms with Crippen LogP contribution in [0.2, 0.25) is 0 Å². The normalized spacial score (nSPS) is 24.9. The molecule has 1 amide bonds. The van der Waals surface area contributed by atoms with Crippen molar-refractivity contribution in [2.24, 2.45) is 0 Å². The summed E-state index contributed by atoms with van der Waals surface area (Å²) in [5.74, 6) is 0.269. The predicted molar refractivity (Wildman–Crippen MR) is 99.6 cm³/mol. The number of carbonyl (C=O) groups is 1. The maximum atomic E-state index is 13.2. The third-order valence-electron chi connectivity index (χ3n) is 6.03. The van der Waals surface area contributed by atoms with Crippen LogP contribution in [0.3, 0.4) is 0 Å². The molecule has 2 aromatic carbocycles. The van der Waals surface area contributed by atoms with E-state index in [4.69, 9.17) is 0 Å². The molecule has 3 heterocycles. The summed E-state index contributed by atoms with van der Waals surface area (Å²) in [7, 11) is 0. The van der Waals surface area contributed by atoms with Gasteiger partial charge in [0, 0.05) is 18.3 Å². The molecule has 2 fully saturated rings. The molecule has 0 saturated carbocycles. The van der Waals surface area contributed by atoms with E-state index in [1.54, 1.807) is 6.20 Å². The monoisotopic (exact) mass is 346 g/mol. The zero-order valence-corrected chi connectivity index (χ0v) is 14.7. The van der Waals surface area contributed by atoms with Crippen molar-refractivity contribution in [2.75, 3.05) is 0 Å². The molecule has 0 spiro atoms. The number of fused-ring (bicyclic) bond motifs is 3. The van der Waals surface area contributed by atoms with Crippen LogP contribution in [0.1, 0.15) is 37.3 Å². The first kappa shape index (κ1) is 15.6. The highest BCUT2D eigenvalue weighted by molar-refractivity contribution is 5.90. The van der Waals surface area contributed by atoms with Crippen LogP contribution in [-0.2, 0) is 11.2 Å². The quantitative estimate of drug-likeness (QED) is 0.731. The van der Waals surface area contributed by atoms with Crippen molar-refractivity contribution >= 4 is 16.7 Å². The van der Waals surface area contributed by atoms with Crippen LogP contribution in [0, 0.1) is 0 Å². The first-order valence-electron chi connectivity index (χ1n) is 9.43. The molecule has 0 aliphatic carbocycles. The van der Waals surface area contributed by atoms with Gasteiger partial charge < -0.3 is 4.90 Å². The number of aromatic nitrogens is 3. The minimum atomic E-state index is 0.269. The van der Waals surface area contributed by atoms with Crippen molar-refractivity contribution in [2.45, 2.75) is 50.2 Å². The summed E-state index contributed by atoms with van der Waals surface area (Å²) in [6.07, 6.45) is 8.36. The molecule has 2 aliphatic rings. The van der Waals surface area contributed by atoms with E-state index in [1.807, 2.05) is 23.0 Å². The van der Waals surface area contributed by atoms with Crippen molar-refractivity contribution in [3.63, 3.8) is 0 Å². The Bertz CT molecular complexity index is 917. The number of carbonyl (C=O) groups excluding carboxylic acids is 1. The molecular formula is C21H22N4O. The minimum absolute atomic E-state index is 0.269. The van der Waals surface area contributed by atoms with Gasteiger partial charge in [-0.3, -0.25) is 4.79 Å². The van der Waals surface area contributed by atoms with Crippen LogP contribution in [0.25, 0.3) is 10.8 Å². The second kappa shape index (κ2) is 6.24. The molecule has 2 atom stereocenters. The second-order valence-corrected chi connectivity index (χ2v) is 7.51. The largest absolute Gasteiger partial charge is 0.336 e. The second-order valence-electron chi connectivity index (χ2n) is 7.51. The lowest BCUT2D eigenvalue weighted by atomic mass is 9.95. The number of amides is 1. The van der Waals surface area contributed by atoms with Gasteiger partial charge in [0.25, 0.3) is 0 Å². The molecule has 2 aliphatic heterocycles. The minimum Gasteiger partial charge on any atom is -0.336 e. The number of hydrogen-bond acceptors (Lipinski definition) is 3. The van der Waals surface area contributed by atoms with Crippen LogP contribution in [0.5, 0.6) is 0 Å². The molecule has 0 radical (unpaired) electrons. The molecule has 26 heavy (non-hydrogen) atoms. The van der Waals surface area contributed by atoms with E-state index in [9.17, 15) is 4.79 Å². The van der Waals surface area contributed by atoms with Crippen LogP contribution >= 0.6 is 0 Å². The van der Waals surface area contributed by atoms with Crippen molar-refractivity contribution in [1.82, 2.24) is 19.9 Å². The van der Waals surface area contributed by atoms with E-state index in [-0.39, 0.29) is 5.91 Å². The highest BCUT2D eigenvalue weighted by Gasteiger charge is 2.43. The Hall–Kier alpha value is -2.69. The van der Waals surface area contributed by atoms with E-state index in [0.717, 1.165) is 31.2 Å². The fraction of sp³-hybridized carbons (Fsp3) is 0.381. The van der Waals surface area contributed by atoms with E-state index in [0.29, 0.717) is 24.5 Å². The molecule has 2 bridgehead atoms. The van der Waals surface area contributed by atoms with Crippen molar-refractivity contribution in [3.8, 4) is 0 Å². The summed E-state index contributed by atoms with van der Waals surface area (Å²) in [5, 5.41) is 10.5. The molecule has 2 saturated heterocycles. The summed E-state index contributed by atoms with van der Waals surface area (Å²) < 4.78 is 1.97. The molecule has 5 heteroatoms. The van der Waals surface area contributed by atoms with Gasteiger partial charge in [-0.2, -0.15) is 0 Å². The summed E-state index contributed by atoms with van der Waals surface area (Å²) >= 11 is 0. The van der Waals surface area contributed by atoms with Crippen molar-refractivity contribution < 1.29 is 4.79 Å². The summed E-state index contributed by atoms with van der Waals surface area (Å²) in [6, 6.07) is 15.6. The Morgan fingerprint density at radius 3 is 2.54 bits per heavy atom. The predicted octanol–water partition coefficient (Wildman–Crippen LogP) is 3.37. The van der Waals surface area contributed by atoms with Gasteiger partial charge in [0.15, 0.2) is 0 Å². The van der Waals surface area contributed by atoms with Gasteiger partial charge in [0.1, 0.15) is 0 Å². The summed E-state index contributed by atoms with van der Waals surface area (Å²) in [5.41, 5.74) is 1.13. The Labute approximate surface area is 152 Å². The average molecular weight is 346 g/mol. The SMILES string of the molecule is O=C(Cc1cccc2ccccc12)N1C2CCC1CC(n1ccnn1)C2. The van der Waals surface area contributed by atoms with Gasteiger partial charge in [0.2, 0.25) is 5.91 Å². The fourth-order valence-corrected chi connectivity index (χ4v) is 4.88. The first-order chi connectivity index (χ1) is 12.8. The number of nitrogens with zero attached hydrogens (tertiary/aromatic N) is 4. The summed E-state index contributed by atoms with van der Waals surface area (Å²) in [4.78, 5) is 15.3. The molecule has 2 unspecified atom stereocenters. The van der Waals surface area contributed by atoms with E-state index >= 15 is 0 Å². The standard InChI is InChI=1S/C21H22N4O/c26-21(12-16-6-3-5-15-4-1-2-7-20(15)16)25-17-8-9-18(25)14-19(13-17)24-11-10-22-23-24/h1-7,10-11,17-19H,8-9,12-14H2. The lowest BCUT2D eigenvalue weighted by Gasteiger charge is -2.39. The van der Waals surface area contributed by atoms with Crippen molar-refractivity contribution in [1.29, 1.82) is 0 Å². The Balaban J connectivity index is 1.36. The van der Waals surface area contributed by atoms with Gasteiger partial charge in [-0.15, -0.1) is 5.10 Å². The smallest absolute Gasteiger partial charge is 0.227 e. The van der Waals surface area contributed by atoms with Crippen molar-refractivity contribution in [3.05, 3.63) is 60.4 Å².